The predicted octanol–water partition coefficient (Wildman–Crippen LogP) is 3.60. The van der Waals surface area contributed by atoms with E-state index in [4.69, 9.17) is 11.6 Å². The molecule has 1 fully saturated rings. The van der Waals surface area contributed by atoms with Crippen molar-refractivity contribution < 1.29 is 13.2 Å². The summed E-state index contributed by atoms with van der Waals surface area (Å²) in [5, 5.41) is 4.45. The van der Waals surface area contributed by atoms with E-state index in [0.29, 0.717) is 29.4 Å². The Morgan fingerprint density at radius 1 is 1.10 bits per heavy atom. The molecule has 31 heavy (non-hydrogen) atoms. The number of piperazine rings is 1. The minimum atomic E-state index is -3.59. The molecule has 0 aliphatic carbocycles. The summed E-state index contributed by atoms with van der Waals surface area (Å²) in [6, 6.07) is 11.1. The molecule has 4 rings (SSSR count). The van der Waals surface area contributed by atoms with E-state index in [2.05, 4.69) is 5.10 Å². The van der Waals surface area contributed by atoms with Crippen LogP contribution in [0.4, 0.5) is 0 Å². The number of carbonyl (C=O) groups is 1. The van der Waals surface area contributed by atoms with Crippen LogP contribution in [0.15, 0.2) is 46.8 Å². The fourth-order valence-corrected chi connectivity index (χ4v) is 6.73. The number of aromatic nitrogens is 2. The molecule has 0 spiro atoms. The zero-order valence-electron chi connectivity index (χ0n) is 17.3. The minimum Gasteiger partial charge on any atom is -0.336 e. The number of nitrogens with zero attached hydrogens (tertiary/aromatic N) is 4. The molecule has 0 atom stereocenters. The van der Waals surface area contributed by atoms with E-state index in [1.165, 1.54) is 10.4 Å². The lowest BCUT2D eigenvalue weighted by atomic mass is 10.1. The summed E-state index contributed by atoms with van der Waals surface area (Å²) in [6.45, 7) is 5.17. The summed E-state index contributed by atoms with van der Waals surface area (Å²) in [6.07, 6.45) is 2.26. The molecular weight excluding hydrogens is 456 g/mol. The summed E-state index contributed by atoms with van der Waals surface area (Å²) in [5.41, 5.74) is 3.47. The highest BCUT2D eigenvalue weighted by molar-refractivity contribution is 7.91. The molecule has 2 aromatic heterocycles. The van der Waals surface area contributed by atoms with Gasteiger partial charge in [0, 0.05) is 26.2 Å². The van der Waals surface area contributed by atoms with Crippen LogP contribution in [0.5, 0.6) is 0 Å². The van der Waals surface area contributed by atoms with Gasteiger partial charge in [0.25, 0.3) is 15.9 Å². The van der Waals surface area contributed by atoms with E-state index in [0.717, 1.165) is 28.3 Å². The topological polar surface area (TPSA) is 75.5 Å². The van der Waals surface area contributed by atoms with E-state index in [-0.39, 0.29) is 23.2 Å². The Morgan fingerprint density at radius 3 is 2.35 bits per heavy atom. The van der Waals surface area contributed by atoms with E-state index >= 15 is 0 Å². The van der Waals surface area contributed by atoms with Gasteiger partial charge in [-0.2, -0.15) is 9.40 Å². The van der Waals surface area contributed by atoms with Crippen molar-refractivity contribution in [2.75, 3.05) is 26.2 Å². The fourth-order valence-electron chi connectivity index (χ4n) is 3.67. The average molecular weight is 479 g/mol. The fraction of sp³-hybridized carbons (Fsp3) is 0.333. The SMILES string of the molecule is CCc1c(C(=O)N2CCN(S(=O)(=O)c3ccc(Cl)s3)CC2)cnn1-c1ccc(C)cc1. The van der Waals surface area contributed by atoms with Crippen LogP contribution in [0.2, 0.25) is 4.34 Å². The summed E-state index contributed by atoms with van der Waals surface area (Å²) in [4.78, 5) is 14.9. The smallest absolute Gasteiger partial charge is 0.257 e. The molecule has 1 aliphatic rings. The molecule has 1 amide bonds. The number of sulfonamides is 1. The molecule has 10 heteroatoms. The molecule has 164 valence electrons. The van der Waals surface area contributed by atoms with Crippen LogP contribution in [0.3, 0.4) is 0 Å². The Bertz CT molecular complexity index is 1190. The molecule has 7 nitrogen and oxygen atoms in total. The van der Waals surface area contributed by atoms with Crippen molar-refractivity contribution >= 4 is 38.9 Å². The first-order valence-corrected chi connectivity index (χ1v) is 12.6. The maximum atomic E-state index is 13.2. The van der Waals surface area contributed by atoms with E-state index in [1.54, 1.807) is 21.8 Å². The lowest BCUT2D eigenvalue weighted by molar-refractivity contribution is 0.0697. The largest absolute Gasteiger partial charge is 0.336 e. The van der Waals surface area contributed by atoms with Crippen LogP contribution in [-0.4, -0.2) is 59.5 Å². The third kappa shape index (κ3) is 4.27. The van der Waals surface area contributed by atoms with Crippen molar-refractivity contribution in [1.29, 1.82) is 0 Å². The van der Waals surface area contributed by atoms with Crippen molar-refractivity contribution in [1.82, 2.24) is 19.0 Å². The quantitative estimate of drug-likeness (QED) is 0.561. The molecule has 1 saturated heterocycles. The lowest BCUT2D eigenvalue weighted by Crippen LogP contribution is -2.50. The highest BCUT2D eigenvalue weighted by Gasteiger charge is 2.32. The zero-order valence-corrected chi connectivity index (χ0v) is 19.7. The molecule has 0 saturated carbocycles. The van der Waals surface area contributed by atoms with Crippen LogP contribution in [0, 0.1) is 6.92 Å². The Morgan fingerprint density at radius 2 is 1.77 bits per heavy atom. The number of carbonyl (C=O) groups excluding carboxylic acids is 1. The summed E-state index contributed by atoms with van der Waals surface area (Å²) < 4.78 is 29.5. The maximum Gasteiger partial charge on any atom is 0.257 e. The molecule has 1 aromatic carbocycles. The standard InChI is InChI=1S/C21H23ClN4O3S2/c1-3-18-17(14-23-26(18)16-6-4-15(2)5-7-16)21(27)24-10-12-25(13-11-24)31(28,29)20-9-8-19(22)30-20/h4-9,14H,3,10-13H2,1-2H3. The van der Waals surface area contributed by atoms with Crippen molar-refractivity contribution in [3.63, 3.8) is 0 Å². The van der Waals surface area contributed by atoms with Gasteiger partial charge < -0.3 is 4.90 Å². The van der Waals surface area contributed by atoms with Gasteiger partial charge in [0.15, 0.2) is 0 Å². The van der Waals surface area contributed by atoms with Gasteiger partial charge in [-0.05, 0) is 37.6 Å². The van der Waals surface area contributed by atoms with Crippen molar-refractivity contribution in [2.45, 2.75) is 24.5 Å². The zero-order chi connectivity index (χ0) is 22.2. The predicted molar refractivity (Wildman–Crippen MR) is 122 cm³/mol. The van der Waals surface area contributed by atoms with Crippen LogP contribution in [0.25, 0.3) is 5.69 Å². The first-order valence-electron chi connectivity index (χ1n) is 10.00. The molecule has 3 aromatic rings. The van der Waals surface area contributed by atoms with Crippen molar-refractivity contribution in [3.8, 4) is 5.69 Å². The van der Waals surface area contributed by atoms with Crippen molar-refractivity contribution in [2.24, 2.45) is 0 Å². The second-order valence-electron chi connectivity index (χ2n) is 7.36. The van der Waals surface area contributed by atoms with E-state index in [1.807, 2.05) is 38.1 Å². The Balaban J connectivity index is 1.50. The van der Waals surface area contributed by atoms with Crippen LogP contribution in [-0.2, 0) is 16.4 Å². The Labute approximate surface area is 190 Å². The average Bonchev–Trinajstić information content (AvgIpc) is 3.40. The van der Waals surface area contributed by atoms with Gasteiger partial charge in [-0.25, -0.2) is 13.1 Å². The van der Waals surface area contributed by atoms with Gasteiger partial charge >= 0.3 is 0 Å². The summed E-state index contributed by atoms with van der Waals surface area (Å²) >= 11 is 6.94. The third-order valence-corrected chi connectivity index (χ3v) is 8.98. The van der Waals surface area contributed by atoms with Gasteiger partial charge in [-0.15, -0.1) is 11.3 Å². The number of hydrogen-bond donors (Lipinski definition) is 0. The van der Waals surface area contributed by atoms with Crippen LogP contribution < -0.4 is 0 Å². The second-order valence-corrected chi connectivity index (χ2v) is 11.2. The number of halogens is 1. The van der Waals surface area contributed by atoms with Crippen molar-refractivity contribution in [3.05, 3.63) is 63.8 Å². The van der Waals surface area contributed by atoms with E-state index in [9.17, 15) is 13.2 Å². The third-order valence-electron chi connectivity index (χ3n) is 5.38. The maximum absolute atomic E-state index is 13.2. The molecule has 0 radical (unpaired) electrons. The molecule has 0 unspecified atom stereocenters. The normalized spacial score (nSPS) is 15.4. The second kappa shape index (κ2) is 8.74. The van der Waals surface area contributed by atoms with Gasteiger partial charge in [0.05, 0.1) is 27.5 Å². The number of amides is 1. The number of benzene rings is 1. The first-order chi connectivity index (χ1) is 14.8. The first kappa shape index (κ1) is 22.0. The van der Waals surface area contributed by atoms with Gasteiger partial charge in [0.2, 0.25) is 0 Å². The number of rotatable bonds is 5. The number of thiophene rings is 1. The minimum absolute atomic E-state index is 0.119. The van der Waals surface area contributed by atoms with Gasteiger partial charge in [-0.3, -0.25) is 4.79 Å². The van der Waals surface area contributed by atoms with E-state index < -0.39 is 10.0 Å². The van der Waals surface area contributed by atoms with Gasteiger partial charge in [0.1, 0.15) is 4.21 Å². The number of hydrogen-bond acceptors (Lipinski definition) is 5. The molecule has 3 heterocycles. The van der Waals surface area contributed by atoms with Gasteiger partial charge in [-0.1, -0.05) is 36.2 Å². The number of aryl methyl sites for hydroxylation is 1. The summed E-state index contributed by atoms with van der Waals surface area (Å²) in [7, 11) is -3.59. The highest BCUT2D eigenvalue weighted by Crippen LogP contribution is 2.29. The Kier molecular flexibility index (Phi) is 6.20. The van der Waals surface area contributed by atoms with Crippen LogP contribution in [0.1, 0.15) is 28.5 Å². The Hall–Kier alpha value is -2.20. The molecule has 0 bridgehead atoms. The molecule has 0 N–H and O–H groups in total. The van der Waals surface area contributed by atoms with Crippen LogP contribution >= 0.6 is 22.9 Å². The summed E-state index contributed by atoms with van der Waals surface area (Å²) in [5.74, 6) is -0.119. The highest BCUT2D eigenvalue weighted by atomic mass is 35.5. The monoisotopic (exact) mass is 478 g/mol. The molecule has 1 aliphatic heterocycles. The molecular formula is C21H23ClN4O3S2. The lowest BCUT2D eigenvalue weighted by Gasteiger charge is -2.33.